The first-order valence-corrected chi connectivity index (χ1v) is 6.81. The number of benzene rings is 1. The molecule has 0 atom stereocenters. The van der Waals surface area contributed by atoms with Gasteiger partial charge in [0.1, 0.15) is 6.61 Å². The smallest absolute Gasteiger partial charge is 0.329 e. The summed E-state index contributed by atoms with van der Waals surface area (Å²) in [5.74, 6) is -0.955. The first-order chi connectivity index (χ1) is 9.97. The van der Waals surface area contributed by atoms with Crippen molar-refractivity contribution in [3.8, 4) is 0 Å². The van der Waals surface area contributed by atoms with Gasteiger partial charge in [0.25, 0.3) is 5.69 Å². The van der Waals surface area contributed by atoms with E-state index in [-0.39, 0.29) is 23.3 Å². The average molecular weight is 294 g/mol. The molecule has 1 aliphatic heterocycles. The van der Waals surface area contributed by atoms with E-state index in [2.05, 4.69) is 4.90 Å². The van der Waals surface area contributed by atoms with E-state index in [1.54, 1.807) is 13.0 Å². The fourth-order valence-electron chi connectivity index (χ4n) is 2.51. The zero-order chi connectivity index (χ0) is 15.4. The molecule has 0 bridgehead atoms. The number of carboxylic acids is 1. The van der Waals surface area contributed by atoms with Crippen molar-refractivity contribution in [1.29, 1.82) is 0 Å². The van der Waals surface area contributed by atoms with Gasteiger partial charge in [-0.3, -0.25) is 10.1 Å². The number of piperidine rings is 1. The number of anilines is 1. The molecule has 0 spiro atoms. The fourth-order valence-corrected chi connectivity index (χ4v) is 2.51. The van der Waals surface area contributed by atoms with Crippen molar-refractivity contribution in [2.45, 2.75) is 25.9 Å². The molecule has 2 rings (SSSR count). The number of hydrogen-bond acceptors (Lipinski definition) is 5. The third-order valence-electron chi connectivity index (χ3n) is 3.63. The number of carbonyl (C=O) groups is 1. The first kappa shape index (κ1) is 15.2. The molecule has 0 aromatic heterocycles. The molecule has 114 valence electrons. The minimum atomic E-state index is -0.955. The largest absolute Gasteiger partial charge is 0.480 e. The number of nitro benzene ring substituents is 1. The predicted molar refractivity (Wildman–Crippen MR) is 76.7 cm³/mol. The van der Waals surface area contributed by atoms with Crippen LogP contribution in [0.1, 0.15) is 18.4 Å². The predicted octanol–water partition coefficient (Wildman–Crippen LogP) is 1.97. The van der Waals surface area contributed by atoms with Crippen LogP contribution in [-0.2, 0) is 9.53 Å². The lowest BCUT2D eigenvalue weighted by Crippen LogP contribution is -2.37. The quantitative estimate of drug-likeness (QED) is 0.659. The molecule has 1 aromatic carbocycles. The Bertz CT molecular complexity index is 538. The van der Waals surface area contributed by atoms with E-state index < -0.39 is 5.97 Å². The average Bonchev–Trinajstić information content (AvgIpc) is 2.45. The normalized spacial score (nSPS) is 16.0. The number of hydrogen-bond donors (Lipinski definition) is 1. The van der Waals surface area contributed by atoms with Crippen LogP contribution in [0.3, 0.4) is 0 Å². The van der Waals surface area contributed by atoms with Crippen LogP contribution in [0.4, 0.5) is 11.4 Å². The Morgan fingerprint density at radius 1 is 1.48 bits per heavy atom. The molecule has 1 fully saturated rings. The summed E-state index contributed by atoms with van der Waals surface area (Å²) >= 11 is 0. The van der Waals surface area contributed by atoms with Gasteiger partial charge in [0.2, 0.25) is 0 Å². The molecule has 1 heterocycles. The molecule has 7 heteroatoms. The number of nitrogens with zero attached hydrogens (tertiary/aromatic N) is 2. The highest BCUT2D eigenvalue weighted by atomic mass is 16.6. The summed E-state index contributed by atoms with van der Waals surface area (Å²) in [6.45, 7) is 2.97. The van der Waals surface area contributed by atoms with E-state index in [9.17, 15) is 14.9 Å². The molecule has 1 aromatic rings. The van der Waals surface area contributed by atoms with Crippen LogP contribution in [0.5, 0.6) is 0 Å². The summed E-state index contributed by atoms with van der Waals surface area (Å²) in [6, 6.07) is 5.10. The van der Waals surface area contributed by atoms with E-state index in [4.69, 9.17) is 9.84 Å². The minimum Gasteiger partial charge on any atom is -0.480 e. The zero-order valence-electron chi connectivity index (χ0n) is 11.8. The summed E-state index contributed by atoms with van der Waals surface area (Å²) in [6.07, 6.45) is 1.48. The minimum absolute atomic E-state index is 0.0310. The van der Waals surface area contributed by atoms with Gasteiger partial charge in [0, 0.05) is 30.4 Å². The van der Waals surface area contributed by atoms with Crippen molar-refractivity contribution >= 4 is 17.3 Å². The summed E-state index contributed by atoms with van der Waals surface area (Å²) in [4.78, 5) is 23.0. The molecule has 0 amide bonds. The first-order valence-electron chi connectivity index (χ1n) is 6.81. The zero-order valence-corrected chi connectivity index (χ0v) is 11.8. The molecular weight excluding hydrogens is 276 g/mol. The van der Waals surface area contributed by atoms with Crippen molar-refractivity contribution in [2.75, 3.05) is 24.6 Å². The second-order valence-corrected chi connectivity index (χ2v) is 5.12. The van der Waals surface area contributed by atoms with Gasteiger partial charge in [0.05, 0.1) is 11.0 Å². The molecule has 1 N–H and O–H groups in total. The molecule has 0 unspecified atom stereocenters. The molecule has 0 aliphatic carbocycles. The SMILES string of the molecule is Cc1cc(N2CCC(OCC(=O)O)CC2)ccc1[N+](=O)[O-]. The Balaban J connectivity index is 1.94. The Morgan fingerprint density at radius 2 is 2.14 bits per heavy atom. The number of ether oxygens (including phenoxy) is 1. The van der Waals surface area contributed by atoms with Gasteiger partial charge < -0.3 is 14.7 Å². The number of rotatable bonds is 5. The maximum absolute atomic E-state index is 10.8. The lowest BCUT2D eigenvalue weighted by atomic mass is 10.1. The van der Waals surface area contributed by atoms with Crippen LogP contribution in [0.15, 0.2) is 18.2 Å². The van der Waals surface area contributed by atoms with Crippen molar-refractivity contribution < 1.29 is 19.6 Å². The van der Waals surface area contributed by atoms with Gasteiger partial charge >= 0.3 is 5.97 Å². The van der Waals surface area contributed by atoms with Crippen LogP contribution >= 0.6 is 0 Å². The number of aliphatic carboxylic acids is 1. The topological polar surface area (TPSA) is 92.9 Å². The molecule has 7 nitrogen and oxygen atoms in total. The van der Waals surface area contributed by atoms with Crippen LogP contribution < -0.4 is 4.90 Å². The molecule has 0 radical (unpaired) electrons. The molecule has 21 heavy (non-hydrogen) atoms. The van der Waals surface area contributed by atoms with Crippen LogP contribution in [0, 0.1) is 17.0 Å². The Kier molecular flexibility index (Phi) is 4.74. The number of carboxylic acid groups (broad SMARTS) is 1. The van der Waals surface area contributed by atoms with Gasteiger partial charge in [-0.1, -0.05) is 0 Å². The summed E-state index contributed by atoms with van der Waals surface area (Å²) in [7, 11) is 0. The number of aryl methyl sites for hydroxylation is 1. The second-order valence-electron chi connectivity index (χ2n) is 5.12. The van der Waals surface area contributed by atoms with E-state index >= 15 is 0 Å². The lowest BCUT2D eigenvalue weighted by Gasteiger charge is -2.33. The molecule has 1 saturated heterocycles. The third-order valence-corrected chi connectivity index (χ3v) is 3.63. The summed E-state index contributed by atoms with van der Waals surface area (Å²) in [5.41, 5.74) is 1.72. The molecular formula is C14H18N2O5. The number of nitro groups is 1. The van der Waals surface area contributed by atoms with Gasteiger partial charge in [-0.05, 0) is 31.9 Å². The van der Waals surface area contributed by atoms with E-state index in [1.807, 2.05) is 6.07 Å². The van der Waals surface area contributed by atoms with Gasteiger partial charge in [-0.2, -0.15) is 0 Å². The summed E-state index contributed by atoms with van der Waals surface area (Å²) < 4.78 is 5.29. The fraction of sp³-hybridized carbons (Fsp3) is 0.500. The van der Waals surface area contributed by atoms with Crippen LogP contribution in [0.25, 0.3) is 0 Å². The van der Waals surface area contributed by atoms with Crippen molar-refractivity contribution in [3.63, 3.8) is 0 Å². The Hall–Kier alpha value is -2.15. The maximum Gasteiger partial charge on any atom is 0.329 e. The lowest BCUT2D eigenvalue weighted by molar-refractivity contribution is -0.385. The monoisotopic (exact) mass is 294 g/mol. The van der Waals surface area contributed by atoms with E-state index in [1.165, 1.54) is 6.07 Å². The van der Waals surface area contributed by atoms with E-state index in [0.29, 0.717) is 5.56 Å². The highest BCUT2D eigenvalue weighted by Crippen LogP contribution is 2.26. The third kappa shape index (κ3) is 3.91. The second kappa shape index (κ2) is 6.53. The van der Waals surface area contributed by atoms with Crippen molar-refractivity contribution in [2.24, 2.45) is 0 Å². The Morgan fingerprint density at radius 3 is 2.67 bits per heavy atom. The van der Waals surface area contributed by atoms with Gasteiger partial charge in [0.15, 0.2) is 0 Å². The molecule has 0 saturated carbocycles. The standard InChI is InChI=1S/C14H18N2O5/c1-10-8-11(2-3-13(10)16(19)20)15-6-4-12(5-7-15)21-9-14(17)18/h2-3,8,12H,4-7,9H2,1H3,(H,17,18). The summed E-state index contributed by atoms with van der Waals surface area (Å²) in [5, 5.41) is 19.4. The van der Waals surface area contributed by atoms with Gasteiger partial charge in [-0.25, -0.2) is 4.79 Å². The van der Waals surface area contributed by atoms with Crippen molar-refractivity contribution in [3.05, 3.63) is 33.9 Å². The Labute approximate surface area is 122 Å². The van der Waals surface area contributed by atoms with Crippen LogP contribution in [-0.4, -0.2) is 41.8 Å². The van der Waals surface area contributed by atoms with Crippen molar-refractivity contribution in [1.82, 2.24) is 0 Å². The van der Waals surface area contributed by atoms with E-state index in [0.717, 1.165) is 31.6 Å². The van der Waals surface area contributed by atoms with Crippen LogP contribution in [0.2, 0.25) is 0 Å². The molecule has 1 aliphatic rings. The highest BCUT2D eigenvalue weighted by Gasteiger charge is 2.21. The van der Waals surface area contributed by atoms with Gasteiger partial charge in [-0.15, -0.1) is 0 Å². The maximum atomic E-state index is 10.8. The highest BCUT2D eigenvalue weighted by molar-refractivity contribution is 5.68.